The predicted octanol–water partition coefficient (Wildman–Crippen LogP) is 4.62. The first-order valence-corrected chi connectivity index (χ1v) is 11.4. The van der Waals surface area contributed by atoms with Gasteiger partial charge in [-0.15, -0.1) is 0 Å². The first-order valence-electron chi connectivity index (χ1n) is 11.4. The lowest BCUT2D eigenvalue weighted by Gasteiger charge is -2.26. The number of hydrogen-bond donors (Lipinski definition) is 0. The van der Waals surface area contributed by atoms with E-state index in [1.807, 2.05) is 0 Å². The van der Waals surface area contributed by atoms with Crippen LogP contribution in [0.4, 0.5) is 26.3 Å². The van der Waals surface area contributed by atoms with Crippen LogP contribution < -0.4 is 10.4 Å². The van der Waals surface area contributed by atoms with Gasteiger partial charge in [0.05, 0.1) is 18.3 Å². The van der Waals surface area contributed by atoms with Crippen molar-refractivity contribution in [2.75, 3.05) is 6.61 Å². The van der Waals surface area contributed by atoms with E-state index in [9.17, 15) is 31.1 Å². The summed E-state index contributed by atoms with van der Waals surface area (Å²) < 4.78 is 87.9. The smallest absolute Gasteiger partial charge is 0.350 e. The van der Waals surface area contributed by atoms with Gasteiger partial charge in [-0.3, -0.25) is 4.68 Å². The summed E-state index contributed by atoms with van der Waals surface area (Å²) in [6.45, 7) is 0.399. The van der Waals surface area contributed by atoms with Crippen LogP contribution in [0.25, 0.3) is 5.69 Å². The van der Waals surface area contributed by atoms with Gasteiger partial charge in [0, 0.05) is 12.0 Å². The van der Waals surface area contributed by atoms with Crippen LogP contribution in [0.3, 0.4) is 0 Å². The molecule has 2 aromatic heterocycles. The Hall–Kier alpha value is -4.10. The molecular formula is C24H22F6N6O2. The van der Waals surface area contributed by atoms with Crippen LogP contribution in [0.5, 0.6) is 5.75 Å². The lowest BCUT2D eigenvalue weighted by Crippen LogP contribution is -2.33. The van der Waals surface area contributed by atoms with E-state index in [0.29, 0.717) is 12.1 Å². The molecular weight excluding hydrogens is 518 g/mol. The molecule has 0 amide bonds. The molecule has 0 aliphatic rings. The highest BCUT2D eigenvalue weighted by atomic mass is 19.3. The van der Waals surface area contributed by atoms with Gasteiger partial charge in [-0.2, -0.15) is 19.0 Å². The van der Waals surface area contributed by atoms with Gasteiger partial charge in [0.2, 0.25) is 0 Å². The topological polar surface area (TPSA) is 79.8 Å². The predicted molar refractivity (Wildman–Crippen MR) is 123 cm³/mol. The fourth-order valence-electron chi connectivity index (χ4n) is 4.05. The van der Waals surface area contributed by atoms with E-state index in [1.54, 1.807) is 6.92 Å². The van der Waals surface area contributed by atoms with Crippen LogP contribution in [0.1, 0.15) is 30.9 Å². The summed E-state index contributed by atoms with van der Waals surface area (Å²) in [5, 5.41) is 8.27. The van der Waals surface area contributed by atoms with Gasteiger partial charge >= 0.3 is 18.0 Å². The van der Waals surface area contributed by atoms with Gasteiger partial charge < -0.3 is 4.74 Å². The summed E-state index contributed by atoms with van der Waals surface area (Å²) in [6, 6.07) is 7.77. The van der Waals surface area contributed by atoms with Crippen LogP contribution >= 0.6 is 0 Å². The Morgan fingerprint density at radius 2 is 1.76 bits per heavy atom. The Balaban J connectivity index is 1.62. The minimum atomic E-state index is -4.31. The van der Waals surface area contributed by atoms with Crippen molar-refractivity contribution in [2.45, 2.75) is 44.2 Å². The Kier molecular flexibility index (Phi) is 7.88. The third-order valence-corrected chi connectivity index (χ3v) is 5.97. The molecule has 0 aliphatic carbocycles. The molecule has 0 spiro atoms. The average Bonchev–Trinajstić information content (AvgIpc) is 3.53. The summed E-state index contributed by atoms with van der Waals surface area (Å²) in [5.74, 6) is -6.62. The molecule has 2 atom stereocenters. The lowest BCUT2D eigenvalue weighted by molar-refractivity contribution is -0.148. The quantitative estimate of drug-likeness (QED) is 0.260. The molecule has 0 saturated carbocycles. The average molecular weight is 540 g/mol. The van der Waals surface area contributed by atoms with Crippen molar-refractivity contribution in [3.8, 4) is 11.4 Å². The molecule has 2 aromatic carbocycles. The second-order valence-corrected chi connectivity index (χ2v) is 8.44. The van der Waals surface area contributed by atoms with E-state index in [1.165, 1.54) is 63.2 Å². The van der Waals surface area contributed by atoms with Crippen molar-refractivity contribution in [1.29, 1.82) is 0 Å². The first-order chi connectivity index (χ1) is 18.1. The summed E-state index contributed by atoms with van der Waals surface area (Å²) >= 11 is 0. The summed E-state index contributed by atoms with van der Waals surface area (Å²) in [4.78, 5) is 17.2. The molecule has 0 bridgehead atoms. The zero-order valence-corrected chi connectivity index (χ0v) is 19.9. The number of benzene rings is 2. The van der Waals surface area contributed by atoms with E-state index >= 15 is 0 Å². The summed E-state index contributed by atoms with van der Waals surface area (Å²) in [5.41, 5.74) is -0.122. The van der Waals surface area contributed by atoms with Crippen LogP contribution in [-0.2, 0) is 6.54 Å². The maximum atomic E-state index is 14.8. The third kappa shape index (κ3) is 5.73. The molecule has 0 N–H and O–H groups in total. The molecule has 4 rings (SSSR count). The zero-order valence-electron chi connectivity index (χ0n) is 19.9. The number of halogens is 6. The lowest BCUT2D eigenvalue weighted by atomic mass is 9.89. The van der Waals surface area contributed by atoms with Crippen LogP contribution in [-0.4, -0.2) is 48.1 Å². The fourth-order valence-corrected chi connectivity index (χ4v) is 4.05. The van der Waals surface area contributed by atoms with Crippen molar-refractivity contribution >= 4 is 0 Å². The highest BCUT2D eigenvalue weighted by Gasteiger charge is 2.41. The molecule has 8 nitrogen and oxygen atoms in total. The van der Waals surface area contributed by atoms with E-state index in [0.717, 1.165) is 12.1 Å². The fraction of sp³-hybridized carbons (Fsp3) is 0.333. The number of aromatic nitrogens is 6. The number of alkyl halides is 4. The summed E-state index contributed by atoms with van der Waals surface area (Å²) in [6.07, 6.45) is 0.456. The van der Waals surface area contributed by atoms with Crippen LogP contribution in [0.15, 0.2) is 66.2 Å². The monoisotopic (exact) mass is 540 g/mol. The molecule has 14 heteroatoms. The molecule has 0 saturated heterocycles. The summed E-state index contributed by atoms with van der Waals surface area (Å²) in [7, 11) is 0. The van der Waals surface area contributed by atoms with E-state index < -0.39 is 48.2 Å². The van der Waals surface area contributed by atoms with Gasteiger partial charge in [0.15, 0.2) is 6.61 Å². The second kappa shape index (κ2) is 11.1. The Morgan fingerprint density at radius 1 is 1.03 bits per heavy atom. The molecule has 202 valence electrons. The molecule has 4 aromatic rings. The minimum absolute atomic E-state index is 0.0966. The Labute approximate surface area is 212 Å². The van der Waals surface area contributed by atoms with E-state index in [4.69, 9.17) is 4.74 Å². The molecule has 2 heterocycles. The maximum Gasteiger partial charge on any atom is 0.350 e. The van der Waals surface area contributed by atoms with Crippen LogP contribution in [0.2, 0.25) is 0 Å². The highest BCUT2D eigenvalue weighted by Crippen LogP contribution is 2.33. The van der Waals surface area contributed by atoms with Crippen LogP contribution in [0, 0.1) is 11.6 Å². The maximum absolute atomic E-state index is 14.8. The van der Waals surface area contributed by atoms with Crippen molar-refractivity contribution < 1.29 is 31.1 Å². The molecule has 0 fully saturated rings. The van der Waals surface area contributed by atoms with Crippen molar-refractivity contribution in [3.63, 3.8) is 0 Å². The number of ether oxygens (including phenoxy) is 1. The normalized spacial score (nSPS) is 13.6. The largest absolute Gasteiger partial charge is 0.487 e. The number of rotatable bonds is 11. The Bertz CT molecular complexity index is 1400. The first kappa shape index (κ1) is 26.9. The molecule has 1 unspecified atom stereocenters. The van der Waals surface area contributed by atoms with Gasteiger partial charge in [0.25, 0.3) is 0 Å². The SMILES string of the molecule is CC[C@H](C(Cn1cncn1)c1ccc(F)cc1F)n1ncn(-c2ccc(OCC(F)(F)C(F)F)cc2)c1=O. The van der Waals surface area contributed by atoms with Gasteiger partial charge in [-0.05, 0) is 42.3 Å². The second-order valence-electron chi connectivity index (χ2n) is 8.44. The van der Waals surface area contributed by atoms with Gasteiger partial charge in [-0.25, -0.2) is 36.6 Å². The number of nitrogens with zero attached hydrogens (tertiary/aromatic N) is 6. The van der Waals surface area contributed by atoms with Crippen molar-refractivity contribution in [3.05, 3.63) is 89.1 Å². The van der Waals surface area contributed by atoms with E-state index in [-0.39, 0.29) is 17.9 Å². The molecule has 0 radical (unpaired) electrons. The molecule has 0 aliphatic heterocycles. The van der Waals surface area contributed by atoms with Crippen molar-refractivity contribution in [1.82, 2.24) is 29.1 Å². The third-order valence-electron chi connectivity index (χ3n) is 5.97. The van der Waals surface area contributed by atoms with Gasteiger partial charge in [-0.1, -0.05) is 13.0 Å². The van der Waals surface area contributed by atoms with E-state index in [2.05, 4.69) is 15.2 Å². The number of hydrogen-bond acceptors (Lipinski definition) is 5. The zero-order chi connectivity index (χ0) is 27.4. The standard InChI is InChI=1S/C24H22F6N6O2/c1-2-21(19(10-34-13-31-12-32-34)18-8-3-15(25)9-20(18)26)36-23(37)35(14-33-36)16-4-6-17(7-5-16)38-11-24(29,30)22(27)28/h3-9,12-14,19,21-22H,2,10-11H2,1H3/t19?,21-/m1/s1. The van der Waals surface area contributed by atoms with Gasteiger partial charge in [0.1, 0.15) is 36.4 Å². The molecule has 38 heavy (non-hydrogen) atoms. The Morgan fingerprint density at radius 3 is 2.37 bits per heavy atom. The minimum Gasteiger partial charge on any atom is -0.487 e. The highest BCUT2D eigenvalue weighted by molar-refractivity contribution is 5.37. The van der Waals surface area contributed by atoms with Crippen molar-refractivity contribution in [2.24, 2.45) is 0 Å².